The van der Waals surface area contributed by atoms with Gasteiger partial charge in [0.15, 0.2) is 11.6 Å². The van der Waals surface area contributed by atoms with Crippen molar-refractivity contribution in [1.82, 2.24) is 4.90 Å². The van der Waals surface area contributed by atoms with Gasteiger partial charge in [-0.25, -0.2) is 9.18 Å². The maximum Gasteiger partial charge on any atom is 0.348 e. The molecule has 1 aromatic carbocycles. The Labute approximate surface area is 135 Å². The second kappa shape index (κ2) is 6.84. The van der Waals surface area contributed by atoms with Gasteiger partial charge in [-0.15, -0.1) is 0 Å². The lowest BCUT2D eigenvalue weighted by Gasteiger charge is -2.39. The summed E-state index contributed by atoms with van der Waals surface area (Å²) in [6.07, 6.45) is 1.76. The number of halogens is 1. The highest BCUT2D eigenvalue weighted by molar-refractivity contribution is 5.78. The van der Waals surface area contributed by atoms with Crippen molar-refractivity contribution in [2.75, 3.05) is 32.8 Å². The van der Waals surface area contributed by atoms with Gasteiger partial charge >= 0.3 is 5.97 Å². The van der Waals surface area contributed by atoms with Gasteiger partial charge in [-0.1, -0.05) is 12.1 Å². The van der Waals surface area contributed by atoms with Crippen LogP contribution in [0.3, 0.4) is 0 Å². The van der Waals surface area contributed by atoms with Crippen molar-refractivity contribution in [2.24, 2.45) is 5.92 Å². The number of hydrogen-bond acceptors (Lipinski definition) is 4. The van der Waals surface area contributed by atoms with Gasteiger partial charge < -0.3 is 19.5 Å². The molecule has 1 N–H and O–H groups in total. The molecule has 2 aliphatic rings. The van der Waals surface area contributed by atoms with Crippen LogP contribution in [0.4, 0.5) is 4.39 Å². The average molecular weight is 323 g/mol. The Morgan fingerprint density at radius 3 is 2.74 bits per heavy atom. The SMILES string of the molecule is O=C(O)C1(Oc2ccccc2F)CCN(C[C@@H]2CCOC2)CC1. The van der Waals surface area contributed by atoms with Crippen molar-refractivity contribution in [1.29, 1.82) is 0 Å². The summed E-state index contributed by atoms with van der Waals surface area (Å²) in [7, 11) is 0. The number of rotatable bonds is 5. The number of aliphatic carboxylic acids is 1. The quantitative estimate of drug-likeness (QED) is 0.900. The van der Waals surface area contributed by atoms with Crippen molar-refractivity contribution < 1.29 is 23.8 Å². The minimum absolute atomic E-state index is 0.00698. The molecule has 0 amide bonds. The predicted molar refractivity (Wildman–Crippen MR) is 82.0 cm³/mol. The van der Waals surface area contributed by atoms with Crippen molar-refractivity contribution in [3.63, 3.8) is 0 Å². The van der Waals surface area contributed by atoms with Gasteiger partial charge in [0, 0.05) is 39.1 Å². The summed E-state index contributed by atoms with van der Waals surface area (Å²) in [6.45, 7) is 3.80. The number of likely N-dealkylation sites (tertiary alicyclic amines) is 1. The van der Waals surface area contributed by atoms with Gasteiger partial charge in [-0.2, -0.15) is 0 Å². The van der Waals surface area contributed by atoms with E-state index in [9.17, 15) is 14.3 Å². The Bertz CT molecular complexity index is 551. The maximum atomic E-state index is 13.8. The summed E-state index contributed by atoms with van der Waals surface area (Å²) >= 11 is 0. The Morgan fingerprint density at radius 1 is 1.39 bits per heavy atom. The normalized spacial score (nSPS) is 24.5. The predicted octanol–water partition coefficient (Wildman–Crippen LogP) is 2.16. The number of carboxylic acids is 1. The van der Waals surface area contributed by atoms with E-state index in [-0.39, 0.29) is 5.75 Å². The summed E-state index contributed by atoms with van der Waals surface area (Å²) in [5.41, 5.74) is -1.34. The van der Waals surface area contributed by atoms with Gasteiger partial charge in [0.2, 0.25) is 5.60 Å². The molecule has 1 aromatic rings. The molecule has 2 heterocycles. The smallest absolute Gasteiger partial charge is 0.348 e. The molecule has 0 bridgehead atoms. The fraction of sp³-hybridized carbons (Fsp3) is 0.588. The van der Waals surface area contributed by atoms with Gasteiger partial charge in [-0.3, -0.25) is 0 Å². The van der Waals surface area contributed by atoms with Gasteiger partial charge in [-0.05, 0) is 24.5 Å². The molecule has 6 heteroatoms. The van der Waals surface area contributed by atoms with Crippen LogP contribution in [0.15, 0.2) is 24.3 Å². The van der Waals surface area contributed by atoms with Crippen molar-refractivity contribution in [2.45, 2.75) is 24.9 Å². The van der Waals surface area contributed by atoms with E-state index in [1.807, 2.05) is 0 Å². The zero-order chi connectivity index (χ0) is 16.3. The van der Waals surface area contributed by atoms with Gasteiger partial charge in [0.1, 0.15) is 0 Å². The van der Waals surface area contributed by atoms with E-state index >= 15 is 0 Å². The molecule has 0 aliphatic carbocycles. The Kier molecular flexibility index (Phi) is 4.82. The largest absolute Gasteiger partial charge is 0.478 e. The van der Waals surface area contributed by atoms with Crippen molar-refractivity contribution in [3.05, 3.63) is 30.1 Å². The van der Waals surface area contributed by atoms with E-state index in [4.69, 9.17) is 9.47 Å². The Morgan fingerprint density at radius 2 is 2.13 bits per heavy atom. The van der Waals surface area contributed by atoms with Crippen molar-refractivity contribution >= 4 is 5.97 Å². The summed E-state index contributed by atoms with van der Waals surface area (Å²) in [6, 6.07) is 5.95. The lowest BCUT2D eigenvalue weighted by molar-refractivity contribution is -0.160. The van der Waals surface area contributed by atoms with Gasteiger partial charge in [0.05, 0.1) is 6.61 Å². The zero-order valence-electron chi connectivity index (χ0n) is 13.0. The minimum Gasteiger partial charge on any atom is -0.478 e. The fourth-order valence-electron chi connectivity index (χ4n) is 3.29. The highest BCUT2D eigenvalue weighted by Gasteiger charge is 2.44. The topological polar surface area (TPSA) is 59.0 Å². The van der Waals surface area contributed by atoms with Crippen LogP contribution in [0.1, 0.15) is 19.3 Å². The molecule has 2 saturated heterocycles. The number of para-hydroxylation sites is 1. The highest BCUT2D eigenvalue weighted by Crippen LogP contribution is 2.31. The molecule has 2 aliphatic heterocycles. The minimum atomic E-state index is -1.34. The molecule has 126 valence electrons. The second-order valence-corrected chi connectivity index (χ2v) is 6.36. The lowest BCUT2D eigenvalue weighted by Crippen LogP contribution is -2.54. The first kappa shape index (κ1) is 16.2. The molecular formula is C17H22FNO4. The van der Waals surface area contributed by atoms with E-state index in [0.717, 1.165) is 26.2 Å². The van der Waals surface area contributed by atoms with Crippen LogP contribution in [0.2, 0.25) is 0 Å². The molecule has 23 heavy (non-hydrogen) atoms. The molecule has 0 saturated carbocycles. The number of carbonyl (C=O) groups is 1. The first-order chi connectivity index (χ1) is 11.1. The molecule has 5 nitrogen and oxygen atoms in total. The number of benzene rings is 1. The summed E-state index contributed by atoms with van der Waals surface area (Å²) < 4.78 is 24.8. The van der Waals surface area contributed by atoms with Gasteiger partial charge in [0.25, 0.3) is 0 Å². The number of hydrogen-bond donors (Lipinski definition) is 1. The Hall–Kier alpha value is -1.66. The van der Waals surface area contributed by atoms with Crippen LogP contribution in [-0.4, -0.2) is 54.4 Å². The summed E-state index contributed by atoms with van der Waals surface area (Å²) in [4.78, 5) is 14.0. The highest BCUT2D eigenvalue weighted by atomic mass is 19.1. The van der Waals surface area contributed by atoms with E-state index in [1.54, 1.807) is 12.1 Å². The van der Waals surface area contributed by atoms with E-state index in [2.05, 4.69) is 4.90 Å². The third kappa shape index (κ3) is 3.64. The molecule has 3 rings (SSSR count). The third-order valence-electron chi connectivity index (χ3n) is 4.74. The van der Waals surface area contributed by atoms with Crippen LogP contribution in [0.25, 0.3) is 0 Å². The maximum absolute atomic E-state index is 13.8. The molecule has 2 fully saturated rings. The van der Waals surface area contributed by atoms with Crippen molar-refractivity contribution in [3.8, 4) is 5.75 Å². The molecule has 1 atom stereocenters. The van der Waals surface area contributed by atoms with Crippen LogP contribution in [0.5, 0.6) is 5.75 Å². The number of carboxylic acid groups (broad SMARTS) is 1. The second-order valence-electron chi connectivity index (χ2n) is 6.36. The van der Waals surface area contributed by atoms with Crippen LogP contribution >= 0.6 is 0 Å². The standard InChI is InChI=1S/C17H22FNO4/c18-14-3-1-2-4-15(14)23-17(16(20)21)6-8-19(9-7-17)11-13-5-10-22-12-13/h1-4,13H,5-12H2,(H,20,21)/t13-/m0/s1. The molecule has 0 aromatic heterocycles. The number of piperidine rings is 1. The molecule has 0 unspecified atom stereocenters. The van der Waals surface area contributed by atoms with E-state index < -0.39 is 17.4 Å². The van der Waals surface area contributed by atoms with E-state index in [1.165, 1.54) is 12.1 Å². The molecule has 0 spiro atoms. The lowest BCUT2D eigenvalue weighted by atomic mass is 9.90. The summed E-state index contributed by atoms with van der Waals surface area (Å²) in [5, 5.41) is 9.63. The third-order valence-corrected chi connectivity index (χ3v) is 4.74. The molecule has 0 radical (unpaired) electrons. The van der Waals surface area contributed by atoms with Crippen LogP contribution < -0.4 is 4.74 Å². The number of nitrogens with zero attached hydrogens (tertiary/aromatic N) is 1. The summed E-state index contributed by atoms with van der Waals surface area (Å²) in [5.74, 6) is -1.02. The first-order valence-corrected chi connectivity index (χ1v) is 8.06. The fourth-order valence-corrected chi connectivity index (χ4v) is 3.29. The number of ether oxygens (including phenoxy) is 2. The van der Waals surface area contributed by atoms with Crippen LogP contribution in [0, 0.1) is 11.7 Å². The Balaban J connectivity index is 1.64. The van der Waals surface area contributed by atoms with Crippen LogP contribution in [-0.2, 0) is 9.53 Å². The average Bonchev–Trinajstić information content (AvgIpc) is 3.04. The van der Waals surface area contributed by atoms with E-state index in [0.29, 0.717) is 31.8 Å². The zero-order valence-corrected chi connectivity index (χ0v) is 13.0. The molecular weight excluding hydrogens is 301 g/mol. The first-order valence-electron chi connectivity index (χ1n) is 8.06. The monoisotopic (exact) mass is 323 g/mol.